The third kappa shape index (κ3) is 1.67. The minimum atomic E-state index is -0.397. The molecule has 1 aromatic heterocycles. The first-order valence-electron chi connectivity index (χ1n) is 4.72. The molecule has 0 fully saturated rings. The number of anilines is 1. The number of carbonyl (C=O) groups excluding carboxylic acids is 1. The molecule has 0 aliphatic rings. The monoisotopic (exact) mass is 282 g/mol. The molecule has 0 saturated heterocycles. The number of aromatic nitrogens is 1. The van der Waals surface area contributed by atoms with Gasteiger partial charge in [0, 0.05) is 18.6 Å². The van der Waals surface area contributed by atoms with Crippen molar-refractivity contribution in [3.63, 3.8) is 0 Å². The highest BCUT2D eigenvalue weighted by atomic mass is 79.9. The fourth-order valence-corrected chi connectivity index (χ4v) is 2.32. The lowest BCUT2D eigenvalue weighted by Gasteiger charge is -2.17. The average molecular weight is 283 g/mol. The van der Waals surface area contributed by atoms with Gasteiger partial charge in [-0.2, -0.15) is 0 Å². The lowest BCUT2D eigenvalue weighted by atomic mass is 10.2. The van der Waals surface area contributed by atoms with E-state index in [1.54, 1.807) is 7.05 Å². The Morgan fingerprint density at radius 3 is 2.88 bits per heavy atom. The summed E-state index contributed by atoms with van der Waals surface area (Å²) in [5.41, 5.74) is 1.73. The van der Waals surface area contributed by atoms with Crippen LogP contribution in [-0.4, -0.2) is 25.2 Å². The SMILES string of the molecule is COC(=O)N(C)c1ccc2cc[nH]c2c1Br. The Bertz CT molecular complexity index is 536. The lowest BCUT2D eigenvalue weighted by molar-refractivity contribution is 0.180. The van der Waals surface area contributed by atoms with E-state index < -0.39 is 6.09 Å². The number of carbonyl (C=O) groups is 1. The molecule has 2 aromatic rings. The van der Waals surface area contributed by atoms with E-state index in [0.717, 1.165) is 21.1 Å². The summed E-state index contributed by atoms with van der Waals surface area (Å²) in [5, 5.41) is 1.09. The van der Waals surface area contributed by atoms with E-state index in [9.17, 15) is 4.79 Å². The van der Waals surface area contributed by atoms with Crippen LogP contribution < -0.4 is 4.90 Å². The Morgan fingerprint density at radius 2 is 2.19 bits per heavy atom. The molecule has 16 heavy (non-hydrogen) atoms. The summed E-state index contributed by atoms with van der Waals surface area (Å²) < 4.78 is 5.52. The molecule has 1 heterocycles. The molecular formula is C11H11BrN2O2. The quantitative estimate of drug-likeness (QED) is 0.873. The minimum absolute atomic E-state index is 0.397. The van der Waals surface area contributed by atoms with Crippen molar-refractivity contribution in [1.29, 1.82) is 0 Å². The predicted molar refractivity (Wildman–Crippen MR) is 66.8 cm³/mol. The van der Waals surface area contributed by atoms with Gasteiger partial charge in [-0.05, 0) is 28.1 Å². The van der Waals surface area contributed by atoms with Gasteiger partial charge in [-0.1, -0.05) is 6.07 Å². The molecule has 0 saturated carbocycles. The van der Waals surface area contributed by atoms with Crippen LogP contribution in [0.2, 0.25) is 0 Å². The number of rotatable bonds is 1. The Labute approximate surface area is 101 Å². The molecule has 1 N–H and O–H groups in total. The highest BCUT2D eigenvalue weighted by molar-refractivity contribution is 9.10. The number of amides is 1. The number of halogens is 1. The summed E-state index contributed by atoms with van der Waals surface area (Å²) >= 11 is 3.48. The lowest BCUT2D eigenvalue weighted by Crippen LogP contribution is -2.26. The van der Waals surface area contributed by atoms with Crippen LogP contribution in [0.1, 0.15) is 0 Å². The van der Waals surface area contributed by atoms with Gasteiger partial charge >= 0.3 is 6.09 Å². The van der Waals surface area contributed by atoms with E-state index in [1.807, 2.05) is 24.4 Å². The Balaban J connectivity index is 2.52. The van der Waals surface area contributed by atoms with Crippen molar-refractivity contribution in [3.8, 4) is 0 Å². The van der Waals surface area contributed by atoms with Crippen molar-refractivity contribution in [1.82, 2.24) is 4.98 Å². The summed E-state index contributed by atoms with van der Waals surface area (Å²) in [6.45, 7) is 0. The Hall–Kier alpha value is -1.49. The fraction of sp³-hybridized carbons (Fsp3) is 0.182. The van der Waals surface area contributed by atoms with Crippen LogP contribution in [0.25, 0.3) is 10.9 Å². The number of nitrogens with zero attached hydrogens (tertiary/aromatic N) is 1. The van der Waals surface area contributed by atoms with Gasteiger partial charge in [0.15, 0.2) is 0 Å². The third-order valence-electron chi connectivity index (χ3n) is 2.45. The molecule has 1 aromatic carbocycles. The van der Waals surface area contributed by atoms with Crippen LogP contribution in [0, 0.1) is 0 Å². The number of hydrogen-bond donors (Lipinski definition) is 1. The fourth-order valence-electron chi connectivity index (χ4n) is 1.57. The number of ether oxygens (including phenoxy) is 1. The van der Waals surface area contributed by atoms with Crippen LogP contribution in [-0.2, 0) is 4.74 Å². The number of aromatic amines is 1. The van der Waals surface area contributed by atoms with Crippen molar-refractivity contribution in [2.45, 2.75) is 0 Å². The molecule has 2 rings (SSSR count). The normalized spacial score (nSPS) is 10.4. The molecule has 0 aliphatic carbocycles. The van der Waals surface area contributed by atoms with E-state index in [-0.39, 0.29) is 0 Å². The van der Waals surface area contributed by atoms with E-state index in [4.69, 9.17) is 0 Å². The largest absolute Gasteiger partial charge is 0.452 e. The topological polar surface area (TPSA) is 45.3 Å². The second-order valence-corrected chi connectivity index (χ2v) is 4.16. The second kappa shape index (κ2) is 4.17. The highest BCUT2D eigenvalue weighted by Crippen LogP contribution is 2.32. The van der Waals surface area contributed by atoms with Gasteiger partial charge in [0.05, 0.1) is 22.8 Å². The van der Waals surface area contributed by atoms with Crippen molar-refractivity contribution < 1.29 is 9.53 Å². The molecule has 0 radical (unpaired) electrons. The molecule has 0 atom stereocenters. The molecule has 0 spiro atoms. The molecule has 0 aliphatic heterocycles. The first-order valence-corrected chi connectivity index (χ1v) is 5.51. The van der Waals surface area contributed by atoms with E-state index in [0.29, 0.717) is 0 Å². The van der Waals surface area contributed by atoms with Gasteiger partial charge in [0.1, 0.15) is 0 Å². The van der Waals surface area contributed by atoms with Gasteiger partial charge in [-0.3, -0.25) is 4.90 Å². The summed E-state index contributed by atoms with van der Waals surface area (Å²) in [4.78, 5) is 16.0. The van der Waals surface area contributed by atoms with Crippen molar-refractivity contribution in [3.05, 3.63) is 28.9 Å². The van der Waals surface area contributed by atoms with Crippen LogP contribution in [0.3, 0.4) is 0 Å². The maximum Gasteiger partial charge on any atom is 0.413 e. The second-order valence-electron chi connectivity index (χ2n) is 3.37. The number of fused-ring (bicyclic) bond motifs is 1. The van der Waals surface area contributed by atoms with Crippen LogP contribution in [0.15, 0.2) is 28.9 Å². The summed E-state index contributed by atoms with van der Waals surface area (Å²) in [6.07, 6.45) is 1.46. The minimum Gasteiger partial charge on any atom is -0.452 e. The summed E-state index contributed by atoms with van der Waals surface area (Å²) in [6, 6.07) is 5.80. The number of benzene rings is 1. The number of H-pyrrole nitrogens is 1. The zero-order valence-corrected chi connectivity index (χ0v) is 10.5. The van der Waals surface area contributed by atoms with E-state index in [1.165, 1.54) is 12.0 Å². The van der Waals surface area contributed by atoms with Gasteiger partial charge in [0.25, 0.3) is 0 Å². The van der Waals surface area contributed by atoms with Crippen molar-refractivity contribution in [2.75, 3.05) is 19.1 Å². The zero-order chi connectivity index (χ0) is 11.7. The number of methoxy groups -OCH3 is 1. The number of hydrogen-bond acceptors (Lipinski definition) is 2. The van der Waals surface area contributed by atoms with Crippen LogP contribution in [0.4, 0.5) is 10.5 Å². The van der Waals surface area contributed by atoms with E-state index in [2.05, 4.69) is 25.7 Å². The molecule has 4 nitrogen and oxygen atoms in total. The maximum absolute atomic E-state index is 11.4. The van der Waals surface area contributed by atoms with Crippen LogP contribution in [0.5, 0.6) is 0 Å². The molecule has 0 unspecified atom stereocenters. The van der Waals surface area contributed by atoms with Crippen LogP contribution >= 0.6 is 15.9 Å². The smallest absolute Gasteiger partial charge is 0.413 e. The average Bonchev–Trinajstić information content (AvgIpc) is 2.76. The first-order chi connectivity index (χ1) is 7.65. The van der Waals surface area contributed by atoms with Gasteiger partial charge in [-0.15, -0.1) is 0 Å². The van der Waals surface area contributed by atoms with Crippen molar-refractivity contribution in [2.24, 2.45) is 0 Å². The van der Waals surface area contributed by atoms with Gasteiger partial charge in [0.2, 0.25) is 0 Å². The highest BCUT2D eigenvalue weighted by Gasteiger charge is 2.15. The standard InChI is InChI=1S/C11H11BrN2O2/c1-14(11(15)16-2)8-4-3-7-5-6-13-10(7)9(8)12/h3-6,13H,1-2H3. The molecule has 5 heteroatoms. The summed E-state index contributed by atoms with van der Waals surface area (Å²) in [7, 11) is 3.03. The number of nitrogens with one attached hydrogen (secondary N) is 1. The molecular weight excluding hydrogens is 272 g/mol. The summed E-state index contributed by atoms with van der Waals surface area (Å²) in [5.74, 6) is 0. The van der Waals surface area contributed by atoms with Gasteiger partial charge in [-0.25, -0.2) is 4.79 Å². The zero-order valence-electron chi connectivity index (χ0n) is 8.95. The Morgan fingerprint density at radius 1 is 1.44 bits per heavy atom. The predicted octanol–water partition coefficient (Wildman–Crippen LogP) is 3.13. The Kier molecular flexibility index (Phi) is 2.87. The third-order valence-corrected chi connectivity index (χ3v) is 3.26. The maximum atomic E-state index is 11.4. The molecule has 1 amide bonds. The van der Waals surface area contributed by atoms with Gasteiger partial charge < -0.3 is 9.72 Å². The van der Waals surface area contributed by atoms with Crippen molar-refractivity contribution >= 4 is 38.6 Å². The molecule has 0 bridgehead atoms. The first kappa shape index (κ1) is 11.0. The van der Waals surface area contributed by atoms with E-state index >= 15 is 0 Å². The molecule has 84 valence electrons.